The average molecular weight is 342 g/mol. The minimum absolute atomic E-state index is 0.135. The summed E-state index contributed by atoms with van der Waals surface area (Å²) in [6, 6.07) is 9.69. The molecule has 0 saturated heterocycles. The minimum atomic E-state index is 0.135. The second-order valence-electron chi connectivity index (χ2n) is 5.28. The molecule has 2 aromatic rings. The van der Waals surface area contributed by atoms with Gasteiger partial charge in [0.05, 0.1) is 17.3 Å². The van der Waals surface area contributed by atoms with Crippen molar-refractivity contribution in [2.24, 2.45) is 4.99 Å². The van der Waals surface area contributed by atoms with E-state index in [9.17, 15) is 0 Å². The summed E-state index contributed by atoms with van der Waals surface area (Å²) in [6.45, 7) is 6.67. The van der Waals surface area contributed by atoms with Gasteiger partial charge in [0.1, 0.15) is 6.61 Å². The molecule has 0 aliphatic carbocycles. The molecule has 0 amide bonds. The van der Waals surface area contributed by atoms with Gasteiger partial charge in [0.25, 0.3) is 0 Å². The highest BCUT2D eigenvalue weighted by molar-refractivity contribution is 6.32. The molecular formula is C20H20ClNO2. The Labute approximate surface area is 148 Å². The lowest BCUT2D eigenvalue weighted by Gasteiger charge is -2.12. The Kier molecular flexibility index (Phi) is 6.28. The van der Waals surface area contributed by atoms with Crippen molar-refractivity contribution >= 4 is 23.5 Å². The molecule has 2 aromatic carbocycles. The van der Waals surface area contributed by atoms with E-state index in [4.69, 9.17) is 27.5 Å². The molecule has 0 saturated carbocycles. The van der Waals surface area contributed by atoms with Crippen LogP contribution in [0.15, 0.2) is 35.3 Å². The zero-order chi connectivity index (χ0) is 17.5. The van der Waals surface area contributed by atoms with Gasteiger partial charge in [-0.25, -0.2) is 0 Å². The average Bonchev–Trinajstić information content (AvgIpc) is 2.55. The van der Waals surface area contributed by atoms with Crippen LogP contribution in [0.3, 0.4) is 0 Å². The first-order valence-electron chi connectivity index (χ1n) is 7.69. The van der Waals surface area contributed by atoms with Crippen molar-refractivity contribution in [3.8, 4) is 23.8 Å². The first-order chi connectivity index (χ1) is 11.5. The standard InChI is InChI=1S/C20H20ClNO2/c1-5-9-24-20-18(21)11-16(12-19(20)23-6-2)13-22-17-8-7-14(3)15(4)10-17/h1,7-8,10-13H,6,9H2,2-4H3. The molecule has 0 atom stereocenters. The Balaban J connectivity index is 2.31. The van der Waals surface area contributed by atoms with Crippen molar-refractivity contribution in [1.29, 1.82) is 0 Å². The van der Waals surface area contributed by atoms with E-state index < -0.39 is 0 Å². The van der Waals surface area contributed by atoms with Crippen LogP contribution in [0.4, 0.5) is 5.69 Å². The fraction of sp³-hybridized carbons (Fsp3) is 0.250. The van der Waals surface area contributed by atoms with Crippen LogP contribution in [0.25, 0.3) is 0 Å². The van der Waals surface area contributed by atoms with Crippen molar-refractivity contribution in [2.75, 3.05) is 13.2 Å². The van der Waals surface area contributed by atoms with Crippen LogP contribution in [0, 0.1) is 26.2 Å². The van der Waals surface area contributed by atoms with Crippen LogP contribution in [0.5, 0.6) is 11.5 Å². The zero-order valence-electron chi connectivity index (χ0n) is 14.1. The van der Waals surface area contributed by atoms with E-state index in [1.165, 1.54) is 11.1 Å². The quantitative estimate of drug-likeness (QED) is 0.539. The number of aryl methyl sites for hydroxylation is 2. The van der Waals surface area contributed by atoms with E-state index in [0.29, 0.717) is 23.1 Å². The van der Waals surface area contributed by atoms with Gasteiger partial charge in [0.15, 0.2) is 11.5 Å². The SMILES string of the molecule is C#CCOc1c(Cl)cc(C=Nc2ccc(C)c(C)c2)cc1OCC. The third-order valence-electron chi connectivity index (χ3n) is 3.48. The third-order valence-corrected chi connectivity index (χ3v) is 3.77. The van der Waals surface area contributed by atoms with E-state index in [-0.39, 0.29) is 6.61 Å². The number of halogens is 1. The largest absolute Gasteiger partial charge is 0.490 e. The molecule has 0 aliphatic rings. The topological polar surface area (TPSA) is 30.8 Å². The maximum Gasteiger partial charge on any atom is 0.181 e. The monoisotopic (exact) mass is 341 g/mol. The molecule has 0 aliphatic heterocycles. The molecule has 0 spiro atoms. The molecule has 0 unspecified atom stereocenters. The molecule has 0 aromatic heterocycles. The second kappa shape index (κ2) is 8.42. The lowest BCUT2D eigenvalue weighted by Crippen LogP contribution is -2.01. The molecule has 2 rings (SSSR count). The molecule has 4 heteroatoms. The van der Waals surface area contributed by atoms with Crippen LogP contribution < -0.4 is 9.47 Å². The number of nitrogens with zero attached hydrogens (tertiary/aromatic N) is 1. The molecular weight excluding hydrogens is 322 g/mol. The van der Waals surface area contributed by atoms with E-state index in [0.717, 1.165) is 11.3 Å². The first-order valence-corrected chi connectivity index (χ1v) is 8.07. The molecule has 124 valence electrons. The van der Waals surface area contributed by atoms with Gasteiger partial charge in [-0.2, -0.15) is 0 Å². The van der Waals surface area contributed by atoms with Crippen molar-refractivity contribution in [1.82, 2.24) is 0 Å². The number of benzene rings is 2. The molecule has 0 bridgehead atoms. The number of aliphatic imine (C=N–C) groups is 1. The van der Waals surface area contributed by atoms with E-state index in [1.807, 2.05) is 25.1 Å². The van der Waals surface area contributed by atoms with Crippen LogP contribution in [0.1, 0.15) is 23.6 Å². The van der Waals surface area contributed by atoms with Crippen LogP contribution in [0.2, 0.25) is 5.02 Å². The highest BCUT2D eigenvalue weighted by atomic mass is 35.5. The second-order valence-corrected chi connectivity index (χ2v) is 5.69. The predicted molar refractivity (Wildman–Crippen MR) is 100 cm³/mol. The summed E-state index contributed by atoms with van der Waals surface area (Å²) >= 11 is 6.30. The van der Waals surface area contributed by atoms with Crippen molar-refractivity contribution < 1.29 is 9.47 Å². The van der Waals surface area contributed by atoms with E-state index in [1.54, 1.807) is 12.3 Å². The van der Waals surface area contributed by atoms with Gasteiger partial charge in [-0.15, -0.1) is 6.42 Å². The first kappa shape index (κ1) is 17.9. The summed E-state index contributed by atoms with van der Waals surface area (Å²) in [5.41, 5.74) is 4.16. The van der Waals surface area contributed by atoms with E-state index in [2.05, 4.69) is 30.8 Å². The molecule has 0 fully saturated rings. The smallest absolute Gasteiger partial charge is 0.181 e. The van der Waals surface area contributed by atoms with Crippen molar-refractivity contribution in [2.45, 2.75) is 20.8 Å². The van der Waals surface area contributed by atoms with Gasteiger partial charge in [0.2, 0.25) is 0 Å². The van der Waals surface area contributed by atoms with E-state index >= 15 is 0 Å². The van der Waals surface area contributed by atoms with Gasteiger partial charge in [-0.05, 0) is 61.7 Å². The predicted octanol–water partition coefficient (Wildman–Crippen LogP) is 5.12. The maximum atomic E-state index is 6.30. The molecule has 3 nitrogen and oxygen atoms in total. The van der Waals surface area contributed by atoms with Crippen LogP contribution in [-0.2, 0) is 0 Å². The van der Waals surface area contributed by atoms with Crippen molar-refractivity contribution in [3.63, 3.8) is 0 Å². The Morgan fingerprint density at radius 1 is 1.17 bits per heavy atom. The summed E-state index contributed by atoms with van der Waals surface area (Å²) in [6.07, 6.45) is 6.99. The fourth-order valence-corrected chi connectivity index (χ4v) is 2.41. The number of terminal acetylenes is 1. The summed E-state index contributed by atoms with van der Waals surface area (Å²) < 4.78 is 11.1. The normalized spacial score (nSPS) is 10.6. The van der Waals surface area contributed by atoms with Crippen LogP contribution >= 0.6 is 11.6 Å². The summed E-state index contributed by atoms with van der Waals surface area (Å²) in [5, 5.41) is 0.442. The Hall–Kier alpha value is -2.44. The number of ether oxygens (including phenoxy) is 2. The Morgan fingerprint density at radius 2 is 1.96 bits per heavy atom. The molecule has 0 heterocycles. The maximum absolute atomic E-state index is 6.30. The summed E-state index contributed by atoms with van der Waals surface area (Å²) in [5.74, 6) is 3.44. The zero-order valence-corrected chi connectivity index (χ0v) is 14.9. The Morgan fingerprint density at radius 3 is 2.62 bits per heavy atom. The van der Waals surface area contributed by atoms with Crippen LogP contribution in [-0.4, -0.2) is 19.4 Å². The van der Waals surface area contributed by atoms with Gasteiger partial charge in [0, 0.05) is 6.21 Å². The Bertz CT molecular complexity index is 791. The highest BCUT2D eigenvalue weighted by Crippen LogP contribution is 2.36. The molecule has 0 N–H and O–H groups in total. The van der Waals surface area contributed by atoms with Crippen molar-refractivity contribution in [3.05, 3.63) is 52.0 Å². The highest BCUT2D eigenvalue weighted by Gasteiger charge is 2.11. The minimum Gasteiger partial charge on any atom is -0.490 e. The van der Waals surface area contributed by atoms with Gasteiger partial charge >= 0.3 is 0 Å². The van der Waals surface area contributed by atoms with Gasteiger partial charge in [-0.1, -0.05) is 23.6 Å². The molecule has 0 radical (unpaired) electrons. The summed E-state index contributed by atoms with van der Waals surface area (Å²) in [4.78, 5) is 4.50. The molecule has 24 heavy (non-hydrogen) atoms. The van der Waals surface area contributed by atoms with Gasteiger partial charge < -0.3 is 9.47 Å². The lowest BCUT2D eigenvalue weighted by molar-refractivity contribution is 0.299. The lowest BCUT2D eigenvalue weighted by atomic mass is 10.1. The fourth-order valence-electron chi connectivity index (χ4n) is 2.13. The third kappa shape index (κ3) is 4.53. The number of hydrogen-bond donors (Lipinski definition) is 0. The number of hydrogen-bond acceptors (Lipinski definition) is 3. The summed E-state index contributed by atoms with van der Waals surface area (Å²) in [7, 11) is 0. The van der Waals surface area contributed by atoms with Gasteiger partial charge in [-0.3, -0.25) is 4.99 Å². The number of rotatable bonds is 6.